The fourth-order valence-corrected chi connectivity index (χ4v) is 3.61. The number of hydrogen-bond donors (Lipinski definition) is 2. The van der Waals surface area contributed by atoms with Crippen molar-refractivity contribution in [1.29, 1.82) is 0 Å². The zero-order chi connectivity index (χ0) is 21.3. The van der Waals surface area contributed by atoms with Crippen LogP contribution in [0.4, 0.5) is 0 Å². The summed E-state index contributed by atoms with van der Waals surface area (Å²) in [6.07, 6.45) is 4.20. The Kier molecular flexibility index (Phi) is 5.50. The highest BCUT2D eigenvalue weighted by atomic mass is 16.5. The molecule has 0 bridgehead atoms. The predicted molar refractivity (Wildman–Crippen MR) is 114 cm³/mol. The molecule has 0 radical (unpaired) electrons. The molecule has 1 amide bonds. The molecule has 0 saturated carbocycles. The van der Waals surface area contributed by atoms with E-state index in [0.717, 1.165) is 35.2 Å². The number of fused-ring (bicyclic) bond motifs is 1. The maximum absolute atomic E-state index is 12.1. The molecule has 0 spiro atoms. The van der Waals surface area contributed by atoms with Crippen LogP contribution in [0.15, 0.2) is 41.5 Å². The number of ether oxygens (including phenoxy) is 1. The summed E-state index contributed by atoms with van der Waals surface area (Å²) in [7, 11) is 1.57. The number of pyridine rings is 3. The van der Waals surface area contributed by atoms with Crippen molar-refractivity contribution >= 4 is 16.9 Å². The third kappa shape index (κ3) is 3.91. The number of nitrogens with one attached hydrogen (secondary N) is 2. The molecule has 1 aliphatic heterocycles. The van der Waals surface area contributed by atoms with E-state index in [2.05, 4.69) is 32.1 Å². The molecule has 1 unspecified atom stereocenters. The Morgan fingerprint density at radius 3 is 2.77 bits per heavy atom. The Hall–Kier alpha value is -3.26. The summed E-state index contributed by atoms with van der Waals surface area (Å²) in [5, 5.41) is 2.54. The van der Waals surface area contributed by atoms with Crippen molar-refractivity contribution in [2.75, 3.05) is 20.1 Å². The van der Waals surface area contributed by atoms with Crippen molar-refractivity contribution in [3.05, 3.63) is 63.8 Å². The van der Waals surface area contributed by atoms with Crippen LogP contribution in [-0.4, -0.2) is 52.0 Å². The van der Waals surface area contributed by atoms with Crippen molar-refractivity contribution in [3.8, 4) is 5.75 Å². The predicted octanol–water partition coefficient (Wildman–Crippen LogP) is 2.06. The number of amides is 1. The molecule has 30 heavy (non-hydrogen) atoms. The van der Waals surface area contributed by atoms with Crippen LogP contribution in [0.1, 0.15) is 41.5 Å². The van der Waals surface area contributed by atoms with Crippen LogP contribution in [0.5, 0.6) is 5.75 Å². The van der Waals surface area contributed by atoms with Gasteiger partial charge in [-0.2, -0.15) is 0 Å². The third-order valence-corrected chi connectivity index (χ3v) is 5.58. The van der Waals surface area contributed by atoms with Gasteiger partial charge in [0, 0.05) is 37.9 Å². The van der Waals surface area contributed by atoms with E-state index in [1.54, 1.807) is 25.4 Å². The Morgan fingerprint density at radius 2 is 2.10 bits per heavy atom. The van der Waals surface area contributed by atoms with Gasteiger partial charge in [-0.15, -0.1) is 0 Å². The zero-order valence-electron chi connectivity index (χ0n) is 17.3. The lowest BCUT2D eigenvalue weighted by atomic mass is 10.0. The summed E-state index contributed by atoms with van der Waals surface area (Å²) in [6.45, 7) is 5.64. The molecule has 3 aromatic heterocycles. The molecule has 1 saturated heterocycles. The van der Waals surface area contributed by atoms with Crippen molar-refractivity contribution < 1.29 is 9.53 Å². The topological polar surface area (TPSA) is 100 Å². The van der Waals surface area contributed by atoms with Gasteiger partial charge in [0.2, 0.25) is 0 Å². The minimum absolute atomic E-state index is 0.0509. The number of carbonyl (C=O) groups excluding carboxylic acids is 1. The van der Waals surface area contributed by atoms with E-state index < -0.39 is 0 Å². The highest BCUT2D eigenvalue weighted by molar-refractivity contribution is 5.92. The molecular weight excluding hydrogens is 382 g/mol. The van der Waals surface area contributed by atoms with Gasteiger partial charge in [-0.25, -0.2) is 4.98 Å². The number of aromatic amines is 1. The highest BCUT2D eigenvalue weighted by Gasteiger charge is 2.32. The van der Waals surface area contributed by atoms with E-state index in [1.807, 2.05) is 25.3 Å². The Morgan fingerprint density at radius 1 is 1.30 bits per heavy atom. The summed E-state index contributed by atoms with van der Waals surface area (Å²) in [6, 6.07) is 7.43. The van der Waals surface area contributed by atoms with Crippen molar-refractivity contribution in [1.82, 2.24) is 25.2 Å². The average Bonchev–Trinajstić information content (AvgIpc) is 2.74. The number of likely N-dealkylation sites (tertiary alicyclic amines) is 1. The fourth-order valence-electron chi connectivity index (χ4n) is 3.61. The number of hydrogen-bond acceptors (Lipinski definition) is 6. The molecule has 1 atom stereocenters. The first-order chi connectivity index (χ1) is 14.5. The van der Waals surface area contributed by atoms with Crippen molar-refractivity contribution in [2.45, 2.75) is 32.4 Å². The van der Waals surface area contributed by atoms with E-state index in [9.17, 15) is 9.59 Å². The number of aryl methyl sites for hydroxylation is 1. The lowest BCUT2D eigenvalue weighted by Crippen LogP contribution is -2.54. The third-order valence-electron chi connectivity index (χ3n) is 5.58. The van der Waals surface area contributed by atoms with Crippen LogP contribution in [0.2, 0.25) is 0 Å². The number of rotatable bonds is 6. The molecule has 156 valence electrons. The van der Waals surface area contributed by atoms with E-state index in [1.165, 1.54) is 0 Å². The van der Waals surface area contributed by atoms with Crippen LogP contribution >= 0.6 is 0 Å². The minimum atomic E-state index is -0.221. The second-order valence-corrected chi connectivity index (χ2v) is 7.51. The number of H-pyrrole nitrogens is 1. The summed E-state index contributed by atoms with van der Waals surface area (Å²) in [5.41, 5.74) is 3.68. The largest absolute Gasteiger partial charge is 0.486 e. The lowest BCUT2D eigenvalue weighted by molar-refractivity contribution is -0.00545. The van der Waals surface area contributed by atoms with E-state index in [-0.39, 0.29) is 23.6 Å². The normalized spacial score (nSPS) is 15.6. The van der Waals surface area contributed by atoms with Crippen LogP contribution in [0, 0.1) is 0 Å². The van der Waals surface area contributed by atoms with Gasteiger partial charge in [-0.05, 0) is 43.2 Å². The van der Waals surface area contributed by atoms with Gasteiger partial charge in [0.05, 0.1) is 17.2 Å². The molecule has 8 nitrogen and oxygen atoms in total. The van der Waals surface area contributed by atoms with Gasteiger partial charge >= 0.3 is 0 Å². The van der Waals surface area contributed by atoms with E-state index >= 15 is 0 Å². The van der Waals surface area contributed by atoms with Gasteiger partial charge in [0.25, 0.3) is 11.5 Å². The SMILES string of the molecule is CCc1cc2ncc(C(C)N3CC(Oc4ccc(C(=O)NC)nc4)C3)cc2[nH]c1=O. The zero-order valence-corrected chi connectivity index (χ0v) is 17.3. The number of carbonyl (C=O) groups is 1. The number of nitrogens with zero attached hydrogens (tertiary/aromatic N) is 3. The summed E-state index contributed by atoms with van der Waals surface area (Å²) < 4.78 is 5.95. The summed E-state index contributed by atoms with van der Waals surface area (Å²) in [4.78, 5) is 37.5. The molecule has 8 heteroatoms. The first-order valence-electron chi connectivity index (χ1n) is 10.1. The van der Waals surface area contributed by atoms with Gasteiger partial charge in [0.1, 0.15) is 17.5 Å². The molecule has 4 heterocycles. The Labute approximate surface area is 174 Å². The van der Waals surface area contributed by atoms with Gasteiger partial charge < -0.3 is 15.0 Å². The monoisotopic (exact) mass is 407 g/mol. The first-order valence-corrected chi connectivity index (χ1v) is 10.1. The molecule has 1 aliphatic rings. The van der Waals surface area contributed by atoms with Crippen molar-refractivity contribution in [2.24, 2.45) is 0 Å². The molecule has 0 aromatic carbocycles. The van der Waals surface area contributed by atoms with Gasteiger partial charge in [-0.3, -0.25) is 19.5 Å². The van der Waals surface area contributed by atoms with Gasteiger partial charge in [-0.1, -0.05) is 6.92 Å². The average molecular weight is 407 g/mol. The van der Waals surface area contributed by atoms with Gasteiger partial charge in [0.15, 0.2) is 0 Å². The molecule has 0 aliphatic carbocycles. The fraction of sp³-hybridized carbons (Fsp3) is 0.364. The van der Waals surface area contributed by atoms with Crippen LogP contribution in [0.25, 0.3) is 11.0 Å². The molecule has 1 fully saturated rings. The quantitative estimate of drug-likeness (QED) is 0.649. The minimum Gasteiger partial charge on any atom is -0.486 e. The van der Waals surface area contributed by atoms with Crippen LogP contribution in [-0.2, 0) is 6.42 Å². The van der Waals surface area contributed by atoms with E-state index in [0.29, 0.717) is 17.9 Å². The second-order valence-electron chi connectivity index (χ2n) is 7.51. The lowest BCUT2D eigenvalue weighted by Gasteiger charge is -2.42. The maximum atomic E-state index is 12.1. The molecule has 3 aromatic rings. The molecule has 4 rings (SSSR count). The van der Waals surface area contributed by atoms with E-state index in [4.69, 9.17) is 4.74 Å². The van der Waals surface area contributed by atoms with Crippen LogP contribution < -0.4 is 15.6 Å². The maximum Gasteiger partial charge on any atom is 0.269 e. The van der Waals surface area contributed by atoms with Crippen molar-refractivity contribution in [3.63, 3.8) is 0 Å². The highest BCUT2D eigenvalue weighted by Crippen LogP contribution is 2.28. The molecular formula is C22H25N5O3. The second kappa shape index (κ2) is 8.23. The standard InChI is InChI=1S/C22H25N5O3/c1-4-14-7-19-20(26-21(14)28)8-15(9-24-19)13(2)27-11-17(12-27)30-16-5-6-18(25-10-16)22(29)23-3/h5-10,13,17H,4,11-12H2,1-3H3,(H,23,29)(H,26,28). The first kappa shape index (κ1) is 20.0. The summed E-state index contributed by atoms with van der Waals surface area (Å²) in [5.74, 6) is 0.429. The number of aromatic nitrogens is 3. The van der Waals surface area contributed by atoms with Crippen LogP contribution in [0.3, 0.4) is 0 Å². The Balaban J connectivity index is 1.38. The smallest absolute Gasteiger partial charge is 0.269 e. The Bertz CT molecular complexity index is 1120. The summed E-state index contributed by atoms with van der Waals surface area (Å²) >= 11 is 0. The molecule has 2 N–H and O–H groups in total.